The molecule has 0 saturated carbocycles. The third kappa shape index (κ3) is 1.88. The highest BCUT2D eigenvalue weighted by atomic mass is 28.3. The van der Waals surface area contributed by atoms with Crippen molar-refractivity contribution in [3.8, 4) is 0 Å². The molecule has 2 rings (SSSR count). The smallest absolute Gasteiger partial charge is 0.309 e. The summed E-state index contributed by atoms with van der Waals surface area (Å²) in [7, 11) is -0.304. The van der Waals surface area contributed by atoms with E-state index in [0.717, 1.165) is 5.56 Å². The zero-order valence-electron chi connectivity index (χ0n) is 12.8. The molecule has 1 unspecified atom stereocenters. The monoisotopic (exact) mass is 290 g/mol. The summed E-state index contributed by atoms with van der Waals surface area (Å²) in [6.45, 7) is 8.02. The lowest BCUT2D eigenvalue weighted by Crippen LogP contribution is -2.51. The summed E-state index contributed by atoms with van der Waals surface area (Å²) in [6.07, 6.45) is 0.582. The van der Waals surface area contributed by atoms with Gasteiger partial charge in [-0.2, -0.15) is 0 Å². The molecule has 0 N–H and O–H groups in total. The van der Waals surface area contributed by atoms with Crippen molar-refractivity contribution in [2.24, 2.45) is 0 Å². The van der Waals surface area contributed by atoms with E-state index in [0.29, 0.717) is 6.42 Å². The Labute approximate surface area is 121 Å². The Kier molecular flexibility index (Phi) is 3.50. The quantitative estimate of drug-likeness (QED) is 0.634. The van der Waals surface area contributed by atoms with Gasteiger partial charge in [-0.3, -0.25) is 9.36 Å². The second-order valence-corrected chi connectivity index (χ2v) is 11.0. The van der Waals surface area contributed by atoms with Gasteiger partial charge in [0.15, 0.2) is 8.24 Å². The van der Waals surface area contributed by atoms with Crippen LogP contribution in [0.2, 0.25) is 19.6 Å². The average molecular weight is 290 g/mol. The molecular weight excluding hydrogens is 268 g/mol. The van der Waals surface area contributed by atoms with Crippen molar-refractivity contribution >= 4 is 20.2 Å². The van der Waals surface area contributed by atoms with Crippen molar-refractivity contribution in [3.05, 3.63) is 35.9 Å². The number of nitrogens with zero attached hydrogens (tertiary/aromatic N) is 2. The number of carbonyl (C=O) groups excluding carboxylic acids is 2. The van der Waals surface area contributed by atoms with Crippen LogP contribution in [0.1, 0.15) is 18.9 Å². The van der Waals surface area contributed by atoms with E-state index in [2.05, 4.69) is 0 Å². The fraction of sp³-hybridized carbons (Fsp3) is 0.467. The number of hydrogen-bond donors (Lipinski definition) is 0. The maximum atomic E-state index is 13.0. The third-order valence-corrected chi connectivity index (χ3v) is 5.78. The Morgan fingerprint density at radius 1 is 1.10 bits per heavy atom. The summed E-state index contributed by atoms with van der Waals surface area (Å²) in [5.41, 5.74) is 0.0441. The third-order valence-electron chi connectivity index (χ3n) is 4.04. The van der Waals surface area contributed by atoms with Crippen LogP contribution in [0.15, 0.2) is 30.3 Å². The number of amides is 3. The van der Waals surface area contributed by atoms with Gasteiger partial charge in [0.05, 0.1) is 0 Å². The number of hydrogen-bond acceptors (Lipinski definition) is 2. The Morgan fingerprint density at radius 2 is 1.65 bits per heavy atom. The number of rotatable bonds is 3. The normalized spacial score (nSPS) is 23.6. The van der Waals surface area contributed by atoms with Gasteiger partial charge < -0.3 is 4.90 Å². The van der Waals surface area contributed by atoms with E-state index in [1.165, 1.54) is 4.57 Å². The SMILES string of the molecule is CCC1(c2ccccc2)C(=O)N([Si](C)(C)C)C(=O)N1C. The van der Waals surface area contributed by atoms with E-state index >= 15 is 0 Å². The Morgan fingerprint density at radius 3 is 2.05 bits per heavy atom. The Balaban J connectivity index is 2.61. The summed E-state index contributed by atoms with van der Waals surface area (Å²) in [4.78, 5) is 27.2. The molecule has 1 atom stereocenters. The minimum Gasteiger partial charge on any atom is -0.309 e. The number of imide groups is 1. The molecule has 0 spiro atoms. The van der Waals surface area contributed by atoms with Crippen LogP contribution in [0, 0.1) is 0 Å². The van der Waals surface area contributed by atoms with Crippen molar-refractivity contribution in [3.63, 3.8) is 0 Å². The van der Waals surface area contributed by atoms with E-state index in [9.17, 15) is 9.59 Å². The molecule has 0 aliphatic carbocycles. The average Bonchev–Trinajstić information content (AvgIpc) is 2.59. The van der Waals surface area contributed by atoms with E-state index < -0.39 is 13.8 Å². The van der Waals surface area contributed by atoms with Crippen molar-refractivity contribution in [1.29, 1.82) is 0 Å². The molecule has 3 amide bonds. The first-order valence-corrected chi connectivity index (χ1v) is 10.4. The topological polar surface area (TPSA) is 40.6 Å². The summed E-state index contributed by atoms with van der Waals surface area (Å²) < 4.78 is 1.52. The van der Waals surface area contributed by atoms with Crippen LogP contribution in [0.5, 0.6) is 0 Å². The van der Waals surface area contributed by atoms with Crippen LogP contribution in [0.3, 0.4) is 0 Å². The molecule has 1 saturated heterocycles. The zero-order valence-corrected chi connectivity index (χ0v) is 13.8. The largest absolute Gasteiger partial charge is 0.319 e. The van der Waals surface area contributed by atoms with Crippen LogP contribution in [-0.4, -0.2) is 36.7 Å². The van der Waals surface area contributed by atoms with E-state index in [1.807, 2.05) is 56.9 Å². The van der Waals surface area contributed by atoms with Gasteiger partial charge in [0.2, 0.25) is 0 Å². The van der Waals surface area contributed by atoms with Gasteiger partial charge in [-0.15, -0.1) is 0 Å². The van der Waals surface area contributed by atoms with Gasteiger partial charge in [-0.05, 0) is 12.0 Å². The minimum absolute atomic E-state index is 0.0714. The Hall–Kier alpha value is -1.62. The molecule has 0 radical (unpaired) electrons. The summed E-state index contributed by atoms with van der Waals surface area (Å²) >= 11 is 0. The lowest BCUT2D eigenvalue weighted by atomic mass is 9.86. The van der Waals surface area contributed by atoms with Gasteiger partial charge in [0, 0.05) is 7.05 Å². The molecule has 4 nitrogen and oxygen atoms in total. The highest BCUT2D eigenvalue weighted by molar-refractivity contribution is 6.78. The molecule has 1 fully saturated rings. The number of urea groups is 1. The van der Waals surface area contributed by atoms with Crippen LogP contribution >= 0.6 is 0 Å². The predicted octanol–water partition coefficient (Wildman–Crippen LogP) is 3.02. The van der Waals surface area contributed by atoms with Gasteiger partial charge in [-0.25, -0.2) is 4.79 Å². The molecule has 1 heterocycles. The first-order valence-electron chi connectivity index (χ1n) is 6.94. The van der Waals surface area contributed by atoms with Gasteiger partial charge >= 0.3 is 6.03 Å². The van der Waals surface area contributed by atoms with Gasteiger partial charge in [0.25, 0.3) is 5.91 Å². The highest BCUT2D eigenvalue weighted by Gasteiger charge is 2.58. The summed E-state index contributed by atoms with van der Waals surface area (Å²) in [6, 6.07) is 9.44. The van der Waals surface area contributed by atoms with Crippen molar-refractivity contribution in [2.75, 3.05) is 7.05 Å². The van der Waals surface area contributed by atoms with E-state index in [-0.39, 0.29) is 11.9 Å². The molecule has 1 aromatic carbocycles. The highest BCUT2D eigenvalue weighted by Crippen LogP contribution is 2.40. The molecule has 0 aromatic heterocycles. The van der Waals surface area contributed by atoms with Crippen LogP contribution in [0.4, 0.5) is 4.79 Å². The standard InChI is InChI=1S/C15H22N2O2Si/c1-6-15(12-10-8-7-9-11-12)13(18)17(20(3,4)5)14(19)16(15)2/h7-11H,6H2,1-5H3. The number of likely N-dealkylation sites (N-methyl/N-ethyl adjacent to an activating group) is 1. The van der Waals surface area contributed by atoms with Crippen LogP contribution in [0.25, 0.3) is 0 Å². The molecule has 1 aliphatic heterocycles. The maximum Gasteiger partial charge on any atom is 0.319 e. The second kappa shape index (κ2) is 4.73. The van der Waals surface area contributed by atoms with E-state index in [1.54, 1.807) is 11.9 Å². The fourth-order valence-electron chi connectivity index (χ4n) is 2.94. The number of benzene rings is 1. The zero-order chi connectivity index (χ0) is 15.1. The second-order valence-electron chi connectivity index (χ2n) is 6.23. The van der Waals surface area contributed by atoms with Crippen molar-refractivity contribution < 1.29 is 9.59 Å². The van der Waals surface area contributed by atoms with Crippen LogP contribution < -0.4 is 0 Å². The summed E-state index contributed by atoms with van der Waals surface area (Å²) in [5, 5.41) is 0. The number of carbonyl (C=O) groups is 2. The maximum absolute atomic E-state index is 13.0. The predicted molar refractivity (Wildman–Crippen MR) is 81.8 cm³/mol. The molecular formula is C15H22N2O2Si. The molecule has 108 valence electrons. The van der Waals surface area contributed by atoms with E-state index in [4.69, 9.17) is 0 Å². The summed E-state index contributed by atoms with van der Waals surface area (Å²) in [5.74, 6) is -0.0714. The molecule has 20 heavy (non-hydrogen) atoms. The molecule has 1 aliphatic rings. The lowest BCUT2D eigenvalue weighted by Gasteiger charge is -2.32. The van der Waals surface area contributed by atoms with Gasteiger partial charge in [-0.1, -0.05) is 56.9 Å². The first-order chi connectivity index (χ1) is 9.26. The molecule has 0 bridgehead atoms. The molecule has 1 aromatic rings. The van der Waals surface area contributed by atoms with Crippen molar-refractivity contribution in [2.45, 2.75) is 38.5 Å². The van der Waals surface area contributed by atoms with Crippen molar-refractivity contribution in [1.82, 2.24) is 9.47 Å². The first kappa shape index (κ1) is 14.8. The van der Waals surface area contributed by atoms with Gasteiger partial charge in [0.1, 0.15) is 5.54 Å². The van der Waals surface area contributed by atoms with Crippen LogP contribution in [-0.2, 0) is 10.3 Å². The minimum atomic E-state index is -2.04. The Bertz CT molecular complexity index is 539. The fourth-order valence-corrected chi connectivity index (χ4v) is 4.46. The lowest BCUT2D eigenvalue weighted by molar-refractivity contribution is -0.131. The molecule has 5 heteroatoms.